The summed E-state index contributed by atoms with van der Waals surface area (Å²) in [4.78, 5) is 2.33. The Bertz CT molecular complexity index is 620. The van der Waals surface area contributed by atoms with E-state index in [0.717, 1.165) is 49.8 Å². The zero-order chi connectivity index (χ0) is 17.0. The molecular formula is C17H26BrN3O2S. The number of benzene rings is 1. The molecule has 2 saturated heterocycles. The van der Waals surface area contributed by atoms with Crippen molar-refractivity contribution in [2.75, 3.05) is 39.3 Å². The predicted molar refractivity (Wildman–Crippen MR) is 100.0 cm³/mol. The zero-order valence-electron chi connectivity index (χ0n) is 14.0. The van der Waals surface area contributed by atoms with E-state index in [-0.39, 0.29) is 0 Å². The van der Waals surface area contributed by atoms with Crippen molar-refractivity contribution in [2.45, 2.75) is 32.2 Å². The summed E-state index contributed by atoms with van der Waals surface area (Å²) >= 11 is 3.45. The number of hydrogen-bond donors (Lipinski definition) is 0. The van der Waals surface area contributed by atoms with Gasteiger partial charge in [0.05, 0.1) is 0 Å². The topological polar surface area (TPSA) is 43.9 Å². The van der Waals surface area contributed by atoms with Crippen LogP contribution >= 0.6 is 15.9 Å². The highest BCUT2D eigenvalue weighted by Crippen LogP contribution is 2.19. The lowest BCUT2D eigenvalue weighted by Crippen LogP contribution is -2.52. The summed E-state index contributed by atoms with van der Waals surface area (Å²) < 4.78 is 30.1. The van der Waals surface area contributed by atoms with E-state index in [2.05, 4.69) is 45.1 Å². The fourth-order valence-electron chi connectivity index (χ4n) is 3.40. The Morgan fingerprint density at radius 3 is 1.92 bits per heavy atom. The van der Waals surface area contributed by atoms with Gasteiger partial charge < -0.3 is 0 Å². The average molecular weight is 416 g/mol. The summed E-state index contributed by atoms with van der Waals surface area (Å²) in [6.45, 7) is 5.02. The average Bonchev–Trinajstić information content (AvgIpc) is 2.87. The van der Waals surface area contributed by atoms with E-state index >= 15 is 0 Å². The van der Waals surface area contributed by atoms with Crippen molar-refractivity contribution in [1.29, 1.82) is 0 Å². The van der Waals surface area contributed by atoms with Crippen LogP contribution in [0.1, 0.15) is 31.2 Å². The zero-order valence-corrected chi connectivity index (χ0v) is 16.4. The molecule has 24 heavy (non-hydrogen) atoms. The summed E-state index contributed by atoms with van der Waals surface area (Å²) in [5.74, 6) is 0. The van der Waals surface area contributed by atoms with Gasteiger partial charge in [-0.25, -0.2) is 0 Å². The van der Waals surface area contributed by atoms with Gasteiger partial charge in [0, 0.05) is 50.3 Å². The summed E-state index contributed by atoms with van der Waals surface area (Å²) in [6.07, 6.45) is 4.27. The molecular weight excluding hydrogens is 390 g/mol. The van der Waals surface area contributed by atoms with Crippen LogP contribution in [0.15, 0.2) is 28.7 Å². The van der Waals surface area contributed by atoms with Crippen LogP contribution in [0.4, 0.5) is 0 Å². The van der Waals surface area contributed by atoms with Crippen LogP contribution in [0.25, 0.3) is 0 Å². The van der Waals surface area contributed by atoms with E-state index in [1.165, 1.54) is 5.56 Å². The Balaban J connectivity index is 1.54. The van der Waals surface area contributed by atoms with E-state index in [0.29, 0.717) is 26.2 Å². The van der Waals surface area contributed by atoms with Crippen LogP contribution in [0, 0.1) is 0 Å². The van der Waals surface area contributed by atoms with Crippen molar-refractivity contribution in [3.8, 4) is 0 Å². The lowest BCUT2D eigenvalue weighted by atomic mass is 10.2. The van der Waals surface area contributed by atoms with Crippen LogP contribution < -0.4 is 0 Å². The third-order valence-corrected chi connectivity index (χ3v) is 7.43. The first-order valence-corrected chi connectivity index (χ1v) is 11.0. The summed E-state index contributed by atoms with van der Waals surface area (Å²) in [7, 11) is -3.28. The van der Waals surface area contributed by atoms with E-state index in [4.69, 9.17) is 0 Å². The molecule has 0 N–H and O–H groups in total. The second-order valence-corrected chi connectivity index (χ2v) is 9.47. The number of rotatable bonds is 4. The first-order valence-electron chi connectivity index (χ1n) is 8.78. The van der Waals surface area contributed by atoms with E-state index in [1.54, 1.807) is 8.61 Å². The smallest absolute Gasteiger partial charge is 0.282 e. The molecule has 2 heterocycles. The summed E-state index contributed by atoms with van der Waals surface area (Å²) in [5, 5.41) is 0. The molecule has 0 aromatic heterocycles. The molecule has 134 valence electrons. The second-order valence-electron chi connectivity index (χ2n) is 6.62. The Morgan fingerprint density at radius 1 is 0.792 bits per heavy atom. The van der Waals surface area contributed by atoms with Crippen LogP contribution in [0.3, 0.4) is 0 Å². The van der Waals surface area contributed by atoms with Crippen LogP contribution in [0.5, 0.6) is 0 Å². The second kappa shape index (κ2) is 8.27. The van der Waals surface area contributed by atoms with Crippen molar-refractivity contribution < 1.29 is 8.42 Å². The molecule has 0 radical (unpaired) electrons. The molecule has 0 aliphatic carbocycles. The van der Waals surface area contributed by atoms with Crippen LogP contribution in [-0.2, 0) is 16.8 Å². The maximum absolute atomic E-state index is 12.8. The highest BCUT2D eigenvalue weighted by Gasteiger charge is 2.32. The molecule has 1 aromatic carbocycles. The van der Waals surface area contributed by atoms with Gasteiger partial charge >= 0.3 is 0 Å². The number of piperazine rings is 1. The normalized spacial score (nSPS) is 22.4. The minimum atomic E-state index is -3.28. The lowest BCUT2D eigenvalue weighted by Gasteiger charge is -2.36. The highest BCUT2D eigenvalue weighted by molar-refractivity contribution is 9.10. The number of halogens is 1. The fraction of sp³-hybridized carbons (Fsp3) is 0.647. The predicted octanol–water partition coefficient (Wildman–Crippen LogP) is 2.69. The Hall–Kier alpha value is -0.470. The van der Waals surface area contributed by atoms with Gasteiger partial charge in [0.15, 0.2) is 0 Å². The Kier molecular flexibility index (Phi) is 6.32. The first kappa shape index (κ1) is 18.3. The van der Waals surface area contributed by atoms with Gasteiger partial charge in [0.2, 0.25) is 0 Å². The molecule has 0 unspecified atom stereocenters. The van der Waals surface area contributed by atoms with Gasteiger partial charge in [-0.2, -0.15) is 17.0 Å². The molecule has 0 saturated carbocycles. The van der Waals surface area contributed by atoms with Crippen molar-refractivity contribution in [1.82, 2.24) is 13.5 Å². The van der Waals surface area contributed by atoms with Crippen molar-refractivity contribution in [3.05, 3.63) is 34.3 Å². The SMILES string of the molecule is O=S(=O)(N1CCCCCC1)N1CCN(Cc2ccc(Br)cc2)CC1. The fourth-order valence-corrected chi connectivity index (χ4v) is 5.34. The maximum atomic E-state index is 12.8. The molecule has 0 bridgehead atoms. The minimum absolute atomic E-state index is 0.593. The van der Waals surface area contributed by atoms with Gasteiger partial charge in [0.25, 0.3) is 10.2 Å². The third kappa shape index (κ3) is 4.58. The van der Waals surface area contributed by atoms with Gasteiger partial charge in [-0.15, -0.1) is 0 Å². The Labute approximate surface area is 153 Å². The van der Waals surface area contributed by atoms with E-state index in [1.807, 2.05) is 0 Å². The number of hydrogen-bond acceptors (Lipinski definition) is 3. The summed E-state index contributed by atoms with van der Waals surface area (Å²) in [5.41, 5.74) is 1.27. The van der Waals surface area contributed by atoms with Gasteiger partial charge in [-0.05, 0) is 30.5 Å². The van der Waals surface area contributed by atoms with Crippen molar-refractivity contribution in [2.24, 2.45) is 0 Å². The third-order valence-electron chi connectivity index (χ3n) is 4.87. The molecule has 0 spiro atoms. The molecule has 5 nitrogen and oxygen atoms in total. The molecule has 1 aromatic rings. The first-order chi connectivity index (χ1) is 11.6. The maximum Gasteiger partial charge on any atom is 0.282 e. The quantitative estimate of drug-likeness (QED) is 0.758. The van der Waals surface area contributed by atoms with Crippen molar-refractivity contribution in [3.63, 3.8) is 0 Å². The molecule has 0 atom stereocenters. The van der Waals surface area contributed by atoms with Crippen LogP contribution in [-0.4, -0.2) is 61.2 Å². The van der Waals surface area contributed by atoms with Crippen LogP contribution in [0.2, 0.25) is 0 Å². The largest absolute Gasteiger partial charge is 0.296 e. The standard InChI is InChI=1S/C17H26BrN3O2S/c18-17-7-5-16(6-8-17)15-19-11-13-21(14-12-19)24(22,23)20-9-3-1-2-4-10-20/h5-8H,1-4,9-15H2. The van der Waals surface area contributed by atoms with Gasteiger partial charge in [-0.1, -0.05) is 40.9 Å². The molecule has 2 aliphatic heterocycles. The molecule has 2 fully saturated rings. The monoisotopic (exact) mass is 415 g/mol. The molecule has 3 rings (SSSR count). The lowest BCUT2D eigenvalue weighted by molar-refractivity contribution is 0.175. The molecule has 7 heteroatoms. The Morgan fingerprint density at radius 2 is 1.33 bits per heavy atom. The molecule has 0 amide bonds. The summed E-state index contributed by atoms with van der Waals surface area (Å²) in [6, 6.07) is 8.33. The van der Waals surface area contributed by atoms with Gasteiger partial charge in [-0.3, -0.25) is 4.90 Å². The molecule has 2 aliphatic rings. The van der Waals surface area contributed by atoms with Crippen molar-refractivity contribution >= 4 is 26.1 Å². The van der Waals surface area contributed by atoms with E-state index < -0.39 is 10.2 Å². The van der Waals surface area contributed by atoms with Gasteiger partial charge in [0.1, 0.15) is 0 Å². The highest BCUT2D eigenvalue weighted by atomic mass is 79.9. The van der Waals surface area contributed by atoms with E-state index in [9.17, 15) is 8.42 Å². The minimum Gasteiger partial charge on any atom is -0.296 e. The number of nitrogens with zero attached hydrogens (tertiary/aromatic N) is 3.